The molecule has 0 unspecified atom stereocenters. The number of rotatable bonds is 13. The molecule has 0 atom stereocenters. The highest BCUT2D eigenvalue weighted by atomic mass is 35.5. The van der Waals surface area contributed by atoms with Crippen molar-refractivity contribution >= 4 is 47.1 Å². The Hall–Kier alpha value is -4.21. The molecule has 226 valence electrons. The largest absolute Gasteiger partial charge is 0.490 e. The van der Waals surface area contributed by atoms with Crippen molar-refractivity contribution in [1.82, 2.24) is 10.2 Å². The zero-order valence-electron chi connectivity index (χ0n) is 24.1. The van der Waals surface area contributed by atoms with Gasteiger partial charge in [-0.1, -0.05) is 48.3 Å². The number of nitrogens with zero attached hydrogens (tertiary/aromatic N) is 1. The summed E-state index contributed by atoms with van der Waals surface area (Å²) in [5, 5.41) is 3.07. The summed E-state index contributed by atoms with van der Waals surface area (Å²) in [7, 11) is 0. The molecule has 4 amide bonds. The average molecular weight is 628 g/mol. The zero-order chi connectivity index (χ0) is 30.9. The maximum atomic E-state index is 13.4. The number of hydrogen-bond acceptors (Lipinski definition) is 7. The van der Waals surface area contributed by atoms with E-state index in [1.807, 2.05) is 32.9 Å². The third-order valence-electron chi connectivity index (χ3n) is 6.24. The smallest absolute Gasteiger partial charge is 0.331 e. The Balaban J connectivity index is 1.58. The molecule has 9 nitrogen and oxygen atoms in total. The number of benzene rings is 3. The highest BCUT2D eigenvalue weighted by molar-refractivity contribution is 6.33. The van der Waals surface area contributed by atoms with E-state index in [-0.39, 0.29) is 23.7 Å². The van der Waals surface area contributed by atoms with E-state index in [4.69, 9.17) is 42.1 Å². The highest BCUT2D eigenvalue weighted by Crippen LogP contribution is 2.38. The van der Waals surface area contributed by atoms with Crippen LogP contribution in [0, 0.1) is 0 Å². The number of nitrogens with one attached hydrogen (secondary N) is 1. The number of barbiturate groups is 1. The standard InChI is InChI=1S/C32H32Cl2N2O7/c1-4-13-42-26-12-9-21(16-27(26)40-5-2)18-36-31(38)24(30(37)35-32(36)39)14-22-15-25(34)29(28(17-22)41-6-3)43-19-20-7-10-23(33)11-8-20/h7-12,14-17H,4-6,13,18-19H2,1-3H3,(H,35,37,39)/b24-14+. The molecular weight excluding hydrogens is 595 g/mol. The fourth-order valence-electron chi connectivity index (χ4n) is 4.25. The summed E-state index contributed by atoms with van der Waals surface area (Å²) in [6.07, 6.45) is 2.19. The molecule has 1 saturated heterocycles. The molecule has 0 spiro atoms. The SMILES string of the molecule is CCCOc1ccc(CN2C(=O)NC(=O)/C(=C\c3cc(Cl)c(OCc4ccc(Cl)cc4)c(OCC)c3)C2=O)cc1OCC. The van der Waals surface area contributed by atoms with Gasteiger partial charge in [-0.15, -0.1) is 0 Å². The molecule has 0 radical (unpaired) electrons. The normalized spacial score (nSPS) is 14.1. The third-order valence-corrected chi connectivity index (χ3v) is 6.77. The van der Waals surface area contributed by atoms with Crippen LogP contribution < -0.4 is 24.3 Å². The Morgan fingerprint density at radius 1 is 0.791 bits per heavy atom. The summed E-state index contributed by atoms with van der Waals surface area (Å²) >= 11 is 12.5. The number of imide groups is 2. The van der Waals surface area contributed by atoms with Crippen LogP contribution in [0.1, 0.15) is 43.9 Å². The maximum Gasteiger partial charge on any atom is 0.331 e. The van der Waals surface area contributed by atoms with Gasteiger partial charge in [-0.3, -0.25) is 19.8 Å². The van der Waals surface area contributed by atoms with Gasteiger partial charge in [-0.05, 0) is 79.4 Å². The predicted octanol–water partition coefficient (Wildman–Crippen LogP) is 6.82. The van der Waals surface area contributed by atoms with E-state index >= 15 is 0 Å². The summed E-state index contributed by atoms with van der Waals surface area (Å²) in [4.78, 5) is 39.9. The summed E-state index contributed by atoms with van der Waals surface area (Å²) in [5.41, 5.74) is 1.67. The van der Waals surface area contributed by atoms with E-state index in [1.165, 1.54) is 6.08 Å². The topological polar surface area (TPSA) is 103 Å². The lowest BCUT2D eigenvalue weighted by atomic mass is 10.1. The fourth-order valence-corrected chi connectivity index (χ4v) is 4.65. The van der Waals surface area contributed by atoms with Gasteiger partial charge in [-0.2, -0.15) is 0 Å². The molecule has 0 bridgehead atoms. The van der Waals surface area contributed by atoms with Crippen LogP contribution in [0.15, 0.2) is 60.2 Å². The summed E-state index contributed by atoms with van der Waals surface area (Å²) in [6, 6.07) is 14.7. The van der Waals surface area contributed by atoms with Crippen molar-refractivity contribution in [3.8, 4) is 23.0 Å². The predicted molar refractivity (Wildman–Crippen MR) is 164 cm³/mol. The molecule has 3 aromatic carbocycles. The van der Waals surface area contributed by atoms with E-state index in [2.05, 4.69) is 5.32 Å². The molecule has 0 aliphatic carbocycles. The number of halogens is 2. The minimum absolute atomic E-state index is 0.0914. The second-order valence-electron chi connectivity index (χ2n) is 9.45. The van der Waals surface area contributed by atoms with E-state index in [1.54, 1.807) is 42.5 Å². The summed E-state index contributed by atoms with van der Waals surface area (Å²) in [6.45, 7) is 7.03. The number of ether oxygens (including phenoxy) is 4. The molecule has 43 heavy (non-hydrogen) atoms. The Kier molecular flexibility index (Phi) is 10.9. The number of carbonyl (C=O) groups excluding carboxylic acids is 3. The molecule has 1 fully saturated rings. The van der Waals surface area contributed by atoms with E-state index in [0.29, 0.717) is 59.0 Å². The number of carbonyl (C=O) groups is 3. The Morgan fingerprint density at radius 2 is 1.49 bits per heavy atom. The van der Waals surface area contributed by atoms with Gasteiger partial charge in [-0.25, -0.2) is 4.79 Å². The number of urea groups is 1. The third kappa shape index (κ3) is 8.00. The van der Waals surface area contributed by atoms with Crippen molar-refractivity contribution in [3.63, 3.8) is 0 Å². The Labute approximate surface area is 260 Å². The average Bonchev–Trinajstić information content (AvgIpc) is 2.98. The van der Waals surface area contributed by atoms with E-state index in [0.717, 1.165) is 16.9 Å². The van der Waals surface area contributed by atoms with Crippen LogP contribution in [0.3, 0.4) is 0 Å². The zero-order valence-corrected chi connectivity index (χ0v) is 25.6. The number of hydrogen-bond donors (Lipinski definition) is 1. The van der Waals surface area contributed by atoms with Crippen molar-refractivity contribution in [2.24, 2.45) is 0 Å². The van der Waals surface area contributed by atoms with Gasteiger partial charge in [0.2, 0.25) is 0 Å². The summed E-state index contributed by atoms with van der Waals surface area (Å²) in [5.74, 6) is 0.147. The molecule has 4 rings (SSSR count). The van der Waals surface area contributed by atoms with Crippen LogP contribution in [0.25, 0.3) is 6.08 Å². The summed E-state index contributed by atoms with van der Waals surface area (Å²) < 4.78 is 23.1. The lowest BCUT2D eigenvalue weighted by Crippen LogP contribution is -2.53. The Bertz CT molecular complexity index is 1520. The molecule has 1 heterocycles. The van der Waals surface area contributed by atoms with Gasteiger partial charge in [0.1, 0.15) is 12.2 Å². The fraction of sp³-hybridized carbons (Fsp3) is 0.281. The molecule has 0 saturated carbocycles. The number of amides is 4. The van der Waals surface area contributed by atoms with Crippen molar-refractivity contribution in [2.75, 3.05) is 19.8 Å². The molecule has 0 aromatic heterocycles. The first kappa shape index (κ1) is 31.7. The molecular formula is C32H32Cl2N2O7. The van der Waals surface area contributed by atoms with Crippen LogP contribution in [-0.4, -0.2) is 42.6 Å². The molecule has 1 N–H and O–H groups in total. The van der Waals surface area contributed by atoms with Crippen LogP contribution >= 0.6 is 23.2 Å². The first-order chi connectivity index (χ1) is 20.7. The first-order valence-corrected chi connectivity index (χ1v) is 14.6. The van der Waals surface area contributed by atoms with Gasteiger partial charge < -0.3 is 18.9 Å². The van der Waals surface area contributed by atoms with Crippen molar-refractivity contribution in [1.29, 1.82) is 0 Å². The van der Waals surface area contributed by atoms with Crippen LogP contribution in [0.5, 0.6) is 23.0 Å². The molecule has 11 heteroatoms. The van der Waals surface area contributed by atoms with Gasteiger partial charge >= 0.3 is 6.03 Å². The monoisotopic (exact) mass is 626 g/mol. The minimum Gasteiger partial charge on any atom is -0.490 e. The van der Waals surface area contributed by atoms with Crippen molar-refractivity contribution in [2.45, 2.75) is 40.3 Å². The molecule has 1 aliphatic heterocycles. The quantitative estimate of drug-likeness (QED) is 0.164. The van der Waals surface area contributed by atoms with Gasteiger partial charge in [0.15, 0.2) is 23.0 Å². The second-order valence-corrected chi connectivity index (χ2v) is 10.3. The van der Waals surface area contributed by atoms with Crippen LogP contribution in [0.2, 0.25) is 10.0 Å². The lowest BCUT2D eigenvalue weighted by Gasteiger charge is -2.26. The molecule has 3 aromatic rings. The second kappa shape index (κ2) is 14.8. The lowest BCUT2D eigenvalue weighted by molar-refractivity contribution is -0.130. The van der Waals surface area contributed by atoms with E-state index in [9.17, 15) is 14.4 Å². The van der Waals surface area contributed by atoms with Gasteiger partial charge in [0.05, 0.1) is 31.4 Å². The van der Waals surface area contributed by atoms with Crippen LogP contribution in [0.4, 0.5) is 4.79 Å². The maximum absolute atomic E-state index is 13.4. The highest BCUT2D eigenvalue weighted by Gasteiger charge is 2.36. The van der Waals surface area contributed by atoms with Gasteiger partial charge in [0.25, 0.3) is 11.8 Å². The van der Waals surface area contributed by atoms with E-state index < -0.39 is 17.8 Å². The van der Waals surface area contributed by atoms with Crippen molar-refractivity contribution < 1.29 is 33.3 Å². The van der Waals surface area contributed by atoms with Crippen LogP contribution in [-0.2, 0) is 22.7 Å². The van der Waals surface area contributed by atoms with Gasteiger partial charge in [0, 0.05) is 5.02 Å². The first-order valence-electron chi connectivity index (χ1n) is 13.8. The van der Waals surface area contributed by atoms with Crippen molar-refractivity contribution in [3.05, 3.63) is 86.9 Å². The molecule has 1 aliphatic rings. The minimum atomic E-state index is -0.824. The Morgan fingerprint density at radius 3 is 2.19 bits per heavy atom.